The summed E-state index contributed by atoms with van der Waals surface area (Å²) >= 11 is 0. The Morgan fingerprint density at radius 3 is 2.44 bits per heavy atom. The van der Waals surface area contributed by atoms with Crippen LogP contribution in [0.25, 0.3) is 0 Å². The smallest absolute Gasteiger partial charge is 0.0363 e. The molecule has 2 nitrogen and oxygen atoms in total. The molecule has 1 saturated heterocycles. The molecule has 2 rings (SSSR count). The van der Waals surface area contributed by atoms with Gasteiger partial charge >= 0.3 is 0 Å². The molecule has 0 radical (unpaired) electrons. The van der Waals surface area contributed by atoms with Crippen LogP contribution in [0.4, 0.5) is 5.69 Å². The van der Waals surface area contributed by atoms with Crippen molar-refractivity contribution in [1.29, 1.82) is 0 Å². The molecule has 1 aliphatic rings. The highest BCUT2D eigenvalue weighted by Crippen LogP contribution is 2.17. The number of rotatable bonds is 5. The molecule has 0 spiro atoms. The van der Waals surface area contributed by atoms with Gasteiger partial charge in [0, 0.05) is 38.3 Å². The monoisotopic (exact) mass is 218 g/mol. The number of aryl methyl sites for hydroxylation is 1. The largest absolute Gasteiger partial charge is 0.374 e. The Balaban J connectivity index is 1.91. The van der Waals surface area contributed by atoms with Gasteiger partial charge in [-0.15, -0.1) is 0 Å². The first kappa shape index (κ1) is 11.5. The SMILES string of the molecule is CCCc1ccc(N(C)CC2CNC2)cc1. The van der Waals surface area contributed by atoms with Gasteiger partial charge in [-0.05, 0) is 24.1 Å². The summed E-state index contributed by atoms with van der Waals surface area (Å²) in [6.45, 7) is 5.75. The topological polar surface area (TPSA) is 15.3 Å². The second kappa shape index (κ2) is 5.35. The average molecular weight is 218 g/mol. The van der Waals surface area contributed by atoms with Gasteiger partial charge in [0.05, 0.1) is 0 Å². The molecule has 0 aliphatic carbocycles. The third-order valence-electron chi connectivity index (χ3n) is 3.31. The third kappa shape index (κ3) is 2.76. The number of benzene rings is 1. The fourth-order valence-electron chi connectivity index (χ4n) is 2.18. The van der Waals surface area contributed by atoms with Crippen molar-refractivity contribution < 1.29 is 0 Å². The number of nitrogens with one attached hydrogen (secondary N) is 1. The summed E-state index contributed by atoms with van der Waals surface area (Å²) < 4.78 is 0. The highest BCUT2D eigenvalue weighted by molar-refractivity contribution is 5.47. The lowest BCUT2D eigenvalue weighted by Crippen LogP contribution is -2.47. The predicted octanol–water partition coefficient (Wildman–Crippen LogP) is 2.29. The van der Waals surface area contributed by atoms with Gasteiger partial charge in [0.1, 0.15) is 0 Å². The number of nitrogens with zero attached hydrogens (tertiary/aromatic N) is 1. The first-order valence-corrected chi connectivity index (χ1v) is 6.30. The third-order valence-corrected chi connectivity index (χ3v) is 3.31. The fraction of sp³-hybridized carbons (Fsp3) is 0.571. The van der Waals surface area contributed by atoms with Crippen molar-refractivity contribution >= 4 is 5.69 Å². The molecule has 1 N–H and O–H groups in total. The molecule has 0 bridgehead atoms. The van der Waals surface area contributed by atoms with Gasteiger partial charge in [0.2, 0.25) is 0 Å². The van der Waals surface area contributed by atoms with Gasteiger partial charge < -0.3 is 10.2 Å². The quantitative estimate of drug-likeness (QED) is 0.816. The fourth-order valence-corrected chi connectivity index (χ4v) is 2.18. The molecule has 0 atom stereocenters. The van der Waals surface area contributed by atoms with Crippen molar-refractivity contribution in [3.63, 3.8) is 0 Å². The molecule has 1 aliphatic heterocycles. The zero-order valence-corrected chi connectivity index (χ0v) is 10.4. The molecule has 2 heteroatoms. The van der Waals surface area contributed by atoms with E-state index in [9.17, 15) is 0 Å². The Hall–Kier alpha value is -1.02. The van der Waals surface area contributed by atoms with Crippen LogP contribution in [0, 0.1) is 5.92 Å². The van der Waals surface area contributed by atoms with Crippen LogP contribution in [0.5, 0.6) is 0 Å². The van der Waals surface area contributed by atoms with Crippen LogP contribution in [0.3, 0.4) is 0 Å². The minimum atomic E-state index is 0.834. The standard InChI is InChI=1S/C14H22N2/c1-3-4-12-5-7-14(8-6-12)16(2)11-13-9-15-10-13/h5-8,13,15H,3-4,9-11H2,1-2H3. The van der Waals surface area contributed by atoms with E-state index in [-0.39, 0.29) is 0 Å². The van der Waals surface area contributed by atoms with Crippen LogP contribution < -0.4 is 10.2 Å². The molecule has 0 saturated carbocycles. The molecule has 1 aromatic carbocycles. The van der Waals surface area contributed by atoms with Crippen LogP contribution in [0.2, 0.25) is 0 Å². The lowest BCUT2D eigenvalue weighted by Gasteiger charge is -2.32. The minimum absolute atomic E-state index is 0.834. The molecule has 0 amide bonds. The van der Waals surface area contributed by atoms with Gasteiger partial charge in [0.25, 0.3) is 0 Å². The van der Waals surface area contributed by atoms with Gasteiger partial charge in [-0.2, -0.15) is 0 Å². The number of hydrogen-bond donors (Lipinski definition) is 1. The first-order chi connectivity index (χ1) is 7.79. The summed E-state index contributed by atoms with van der Waals surface area (Å²) in [7, 11) is 2.19. The normalized spacial score (nSPS) is 15.9. The molecule has 1 heterocycles. The summed E-state index contributed by atoms with van der Waals surface area (Å²) in [5.41, 5.74) is 2.79. The van der Waals surface area contributed by atoms with E-state index in [4.69, 9.17) is 0 Å². The van der Waals surface area contributed by atoms with Gasteiger partial charge in [0.15, 0.2) is 0 Å². The van der Waals surface area contributed by atoms with E-state index in [1.807, 2.05) is 0 Å². The van der Waals surface area contributed by atoms with E-state index >= 15 is 0 Å². The summed E-state index contributed by atoms with van der Waals surface area (Å²) in [6.07, 6.45) is 2.42. The van der Waals surface area contributed by atoms with Crippen molar-refractivity contribution in [3.05, 3.63) is 29.8 Å². The maximum atomic E-state index is 3.32. The van der Waals surface area contributed by atoms with Gasteiger partial charge in [-0.3, -0.25) is 0 Å². The van der Waals surface area contributed by atoms with Crippen LogP contribution in [-0.4, -0.2) is 26.7 Å². The molecule has 1 aromatic rings. The predicted molar refractivity (Wildman–Crippen MR) is 70.1 cm³/mol. The Morgan fingerprint density at radius 2 is 1.94 bits per heavy atom. The number of hydrogen-bond acceptors (Lipinski definition) is 2. The Labute approximate surface area is 98.7 Å². The highest BCUT2D eigenvalue weighted by Gasteiger charge is 2.18. The summed E-state index contributed by atoms with van der Waals surface area (Å²) in [4.78, 5) is 2.36. The van der Waals surface area contributed by atoms with Crippen LogP contribution >= 0.6 is 0 Å². The van der Waals surface area contributed by atoms with Crippen molar-refractivity contribution in [2.24, 2.45) is 5.92 Å². The summed E-state index contributed by atoms with van der Waals surface area (Å²) in [6, 6.07) is 9.01. The highest BCUT2D eigenvalue weighted by atomic mass is 15.1. The van der Waals surface area contributed by atoms with E-state index in [1.54, 1.807) is 0 Å². The first-order valence-electron chi connectivity index (χ1n) is 6.30. The lowest BCUT2D eigenvalue weighted by atomic mass is 10.0. The van der Waals surface area contributed by atoms with E-state index in [0.29, 0.717) is 0 Å². The second-order valence-electron chi connectivity index (χ2n) is 4.82. The minimum Gasteiger partial charge on any atom is -0.374 e. The maximum absolute atomic E-state index is 3.32. The van der Waals surface area contributed by atoms with Crippen LogP contribution in [0.1, 0.15) is 18.9 Å². The Bertz CT molecular complexity index is 314. The van der Waals surface area contributed by atoms with E-state index in [1.165, 1.54) is 43.7 Å². The molecule has 0 unspecified atom stereocenters. The molecule has 0 aromatic heterocycles. The molecule has 16 heavy (non-hydrogen) atoms. The Kier molecular flexibility index (Phi) is 3.83. The van der Waals surface area contributed by atoms with Crippen LogP contribution in [0.15, 0.2) is 24.3 Å². The van der Waals surface area contributed by atoms with E-state index in [0.717, 1.165) is 5.92 Å². The zero-order chi connectivity index (χ0) is 11.4. The summed E-state index contributed by atoms with van der Waals surface area (Å²) in [5.74, 6) is 0.834. The number of anilines is 1. The van der Waals surface area contributed by atoms with Crippen molar-refractivity contribution in [1.82, 2.24) is 5.32 Å². The van der Waals surface area contributed by atoms with E-state index < -0.39 is 0 Å². The molecular weight excluding hydrogens is 196 g/mol. The van der Waals surface area contributed by atoms with E-state index in [2.05, 4.69) is 48.5 Å². The van der Waals surface area contributed by atoms with Crippen molar-refractivity contribution in [2.45, 2.75) is 19.8 Å². The molecule has 1 fully saturated rings. The average Bonchev–Trinajstić information content (AvgIpc) is 2.25. The second-order valence-corrected chi connectivity index (χ2v) is 4.82. The molecule has 88 valence electrons. The maximum Gasteiger partial charge on any atom is 0.0363 e. The molecular formula is C14H22N2. The van der Waals surface area contributed by atoms with Crippen molar-refractivity contribution in [3.8, 4) is 0 Å². The summed E-state index contributed by atoms with van der Waals surface area (Å²) in [5, 5.41) is 3.32. The van der Waals surface area contributed by atoms with Crippen molar-refractivity contribution in [2.75, 3.05) is 31.6 Å². The zero-order valence-electron chi connectivity index (χ0n) is 10.4. The van der Waals surface area contributed by atoms with Gasteiger partial charge in [-0.1, -0.05) is 25.5 Å². The Morgan fingerprint density at radius 1 is 1.25 bits per heavy atom. The lowest BCUT2D eigenvalue weighted by molar-refractivity contribution is 0.353. The van der Waals surface area contributed by atoms with Crippen LogP contribution in [-0.2, 0) is 6.42 Å². The van der Waals surface area contributed by atoms with Gasteiger partial charge in [-0.25, -0.2) is 0 Å².